The molecule has 0 radical (unpaired) electrons. The Balaban J connectivity index is 1.54. The van der Waals surface area contributed by atoms with Crippen molar-refractivity contribution in [2.75, 3.05) is 33.2 Å². The van der Waals surface area contributed by atoms with E-state index in [0.717, 1.165) is 45.3 Å². The van der Waals surface area contributed by atoms with Gasteiger partial charge in [-0.25, -0.2) is 0 Å². The third-order valence-electron chi connectivity index (χ3n) is 4.98. The average molecular weight is 338 g/mol. The second kappa shape index (κ2) is 7.25. The van der Waals surface area contributed by atoms with E-state index >= 15 is 0 Å². The predicted molar refractivity (Wildman–Crippen MR) is 90.0 cm³/mol. The van der Waals surface area contributed by atoms with Gasteiger partial charge in [-0.1, -0.05) is 0 Å². The Morgan fingerprint density at radius 3 is 2.35 bits per heavy atom. The number of aromatic nitrogens is 1. The van der Waals surface area contributed by atoms with Gasteiger partial charge in [-0.15, -0.1) is 0 Å². The van der Waals surface area contributed by atoms with Crippen molar-refractivity contribution >= 4 is 10.2 Å². The Morgan fingerprint density at radius 2 is 1.74 bits per heavy atom. The van der Waals surface area contributed by atoms with Crippen molar-refractivity contribution < 1.29 is 8.42 Å². The van der Waals surface area contributed by atoms with Crippen molar-refractivity contribution in [3.05, 3.63) is 30.1 Å². The molecule has 2 saturated heterocycles. The molecule has 0 aromatic carbocycles. The van der Waals surface area contributed by atoms with Gasteiger partial charge in [0, 0.05) is 58.2 Å². The zero-order valence-corrected chi connectivity index (χ0v) is 14.6. The summed E-state index contributed by atoms with van der Waals surface area (Å²) in [6.45, 7) is 4.14. The van der Waals surface area contributed by atoms with Crippen LogP contribution >= 0.6 is 0 Å². The highest BCUT2D eigenvalue weighted by Gasteiger charge is 2.34. The molecule has 1 aromatic heterocycles. The van der Waals surface area contributed by atoms with E-state index in [1.807, 2.05) is 24.5 Å². The summed E-state index contributed by atoms with van der Waals surface area (Å²) < 4.78 is 28.5. The van der Waals surface area contributed by atoms with E-state index in [2.05, 4.69) is 9.88 Å². The Bertz CT molecular complexity index is 594. The van der Waals surface area contributed by atoms with Crippen LogP contribution in [0.3, 0.4) is 0 Å². The molecule has 0 N–H and O–H groups in total. The number of rotatable bonds is 5. The molecule has 0 amide bonds. The molecule has 2 fully saturated rings. The van der Waals surface area contributed by atoms with Crippen LogP contribution in [0.15, 0.2) is 24.5 Å². The van der Waals surface area contributed by atoms with E-state index in [4.69, 9.17) is 0 Å². The minimum Gasteiger partial charge on any atom is -0.299 e. The lowest BCUT2D eigenvalue weighted by atomic mass is 10.0. The molecule has 3 rings (SSSR count). The summed E-state index contributed by atoms with van der Waals surface area (Å²) in [5, 5.41) is 0. The van der Waals surface area contributed by atoms with Crippen LogP contribution in [0.25, 0.3) is 0 Å². The molecule has 3 heterocycles. The fourth-order valence-corrected chi connectivity index (χ4v) is 5.15. The maximum Gasteiger partial charge on any atom is 0.281 e. The first-order chi connectivity index (χ1) is 11.1. The number of likely N-dealkylation sites (tertiary alicyclic amines) is 1. The molecule has 6 nitrogen and oxygen atoms in total. The molecule has 0 bridgehead atoms. The Labute approximate surface area is 139 Å². The highest BCUT2D eigenvalue weighted by molar-refractivity contribution is 7.86. The largest absolute Gasteiger partial charge is 0.299 e. The van der Waals surface area contributed by atoms with E-state index < -0.39 is 10.2 Å². The highest BCUT2D eigenvalue weighted by Crippen LogP contribution is 2.23. The first-order valence-corrected chi connectivity index (χ1v) is 9.81. The van der Waals surface area contributed by atoms with Crippen molar-refractivity contribution in [2.45, 2.75) is 38.3 Å². The zero-order valence-electron chi connectivity index (χ0n) is 13.8. The SMILES string of the molecule is CN(C1CCN(Cc2ccncc2)CC1)S(=O)(=O)N1CCCC1. The third kappa shape index (κ3) is 3.91. The lowest BCUT2D eigenvalue weighted by molar-refractivity contribution is 0.160. The summed E-state index contributed by atoms with van der Waals surface area (Å²) in [6.07, 6.45) is 7.40. The standard InChI is InChI=1S/C16H26N4O2S/c1-18(23(21,22)20-10-2-3-11-20)16-6-12-19(13-7-16)14-15-4-8-17-9-5-15/h4-5,8-9,16H,2-3,6-7,10-14H2,1H3. The molecule has 2 aliphatic heterocycles. The molecular weight excluding hydrogens is 312 g/mol. The molecule has 23 heavy (non-hydrogen) atoms. The lowest BCUT2D eigenvalue weighted by Gasteiger charge is -2.37. The summed E-state index contributed by atoms with van der Waals surface area (Å²) in [5.41, 5.74) is 1.26. The minimum absolute atomic E-state index is 0.120. The molecule has 0 saturated carbocycles. The fraction of sp³-hybridized carbons (Fsp3) is 0.688. The van der Waals surface area contributed by atoms with E-state index in [0.29, 0.717) is 13.1 Å². The van der Waals surface area contributed by atoms with Crippen LogP contribution in [0.2, 0.25) is 0 Å². The molecule has 1 aromatic rings. The lowest BCUT2D eigenvalue weighted by Crippen LogP contribution is -2.49. The number of nitrogens with zero attached hydrogens (tertiary/aromatic N) is 4. The molecule has 7 heteroatoms. The average Bonchev–Trinajstić information content (AvgIpc) is 3.11. The van der Waals surface area contributed by atoms with Gasteiger partial charge in [0.2, 0.25) is 0 Å². The van der Waals surface area contributed by atoms with E-state index in [1.165, 1.54) is 5.56 Å². The van der Waals surface area contributed by atoms with Gasteiger partial charge < -0.3 is 0 Å². The summed E-state index contributed by atoms with van der Waals surface area (Å²) in [5.74, 6) is 0. The molecule has 0 unspecified atom stereocenters. The van der Waals surface area contributed by atoms with Crippen molar-refractivity contribution in [1.82, 2.24) is 18.5 Å². The Kier molecular flexibility index (Phi) is 5.31. The van der Waals surface area contributed by atoms with Crippen molar-refractivity contribution in [2.24, 2.45) is 0 Å². The van der Waals surface area contributed by atoms with E-state index in [-0.39, 0.29) is 6.04 Å². The van der Waals surface area contributed by atoms with Crippen LogP contribution in [0.1, 0.15) is 31.2 Å². The molecule has 0 spiro atoms. The van der Waals surface area contributed by atoms with Gasteiger partial charge in [-0.3, -0.25) is 9.88 Å². The third-order valence-corrected chi connectivity index (χ3v) is 7.03. The predicted octanol–water partition coefficient (Wildman–Crippen LogP) is 1.32. The molecule has 0 atom stereocenters. The second-order valence-corrected chi connectivity index (χ2v) is 8.48. The van der Waals surface area contributed by atoms with Gasteiger partial charge in [0.1, 0.15) is 0 Å². The molecule has 128 valence electrons. The van der Waals surface area contributed by atoms with Crippen LogP contribution in [-0.2, 0) is 16.8 Å². The molecule has 0 aliphatic carbocycles. The van der Waals surface area contributed by atoms with E-state index in [9.17, 15) is 8.42 Å². The zero-order chi connectivity index (χ0) is 16.3. The van der Waals surface area contributed by atoms with Crippen molar-refractivity contribution in [3.63, 3.8) is 0 Å². The number of pyridine rings is 1. The van der Waals surface area contributed by atoms with E-state index in [1.54, 1.807) is 15.7 Å². The number of hydrogen-bond acceptors (Lipinski definition) is 4. The number of piperidine rings is 1. The van der Waals surface area contributed by atoms with Crippen LogP contribution in [-0.4, -0.2) is 66.2 Å². The van der Waals surface area contributed by atoms with Crippen LogP contribution in [0.5, 0.6) is 0 Å². The summed E-state index contributed by atoms with van der Waals surface area (Å²) in [6, 6.07) is 4.20. The van der Waals surface area contributed by atoms with Crippen LogP contribution < -0.4 is 0 Å². The monoisotopic (exact) mass is 338 g/mol. The summed E-state index contributed by atoms with van der Waals surface area (Å²) in [4.78, 5) is 6.43. The highest BCUT2D eigenvalue weighted by atomic mass is 32.2. The Morgan fingerprint density at radius 1 is 1.13 bits per heavy atom. The fourth-order valence-electron chi connectivity index (χ4n) is 3.48. The Hall–Kier alpha value is -1.02. The van der Waals surface area contributed by atoms with Crippen molar-refractivity contribution in [3.8, 4) is 0 Å². The van der Waals surface area contributed by atoms with Gasteiger partial charge in [0.25, 0.3) is 10.2 Å². The molecular formula is C16H26N4O2S. The quantitative estimate of drug-likeness (QED) is 0.812. The minimum atomic E-state index is -3.27. The van der Waals surface area contributed by atoms with Crippen LogP contribution in [0.4, 0.5) is 0 Å². The van der Waals surface area contributed by atoms with Gasteiger partial charge in [-0.2, -0.15) is 17.0 Å². The van der Waals surface area contributed by atoms with Gasteiger partial charge in [0.05, 0.1) is 0 Å². The summed E-state index contributed by atoms with van der Waals surface area (Å²) >= 11 is 0. The molecule has 2 aliphatic rings. The first kappa shape index (κ1) is 16.8. The topological polar surface area (TPSA) is 56.8 Å². The maximum absolute atomic E-state index is 12.6. The number of hydrogen-bond donors (Lipinski definition) is 0. The smallest absolute Gasteiger partial charge is 0.281 e. The maximum atomic E-state index is 12.6. The van der Waals surface area contributed by atoms with Gasteiger partial charge in [0.15, 0.2) is 0 Å². The summed E-state index contributed by atoms with van der Waals surface area (Å²) in [7, 11) is -1.53. The van der Waals surface area contributed by atoms with Gasteiger partial charge >= 0.3 is 0 Å². The van der Waals surface area contributed by atoms with Gasteiger partial charge in [-0.05, 0) is 43.4 Å². The first-order valence-electron chi connectivity index (χ1n) is 8.42. The van der Waals surface area contributed by atoms with Crippen LogP contribution in [0, 0.1) is 0 Å². The van der Waals surface area contributed by atoms with Crippen molar-refractivity contribution in [1.29, 1.82) is 0 Å². The second-order valence-electron chi connectivity index (χ2n) is 6.49. The normalized spacial score (nSPS) is 22.0.